The fourth-order valence-corrected chi connectivity index (χ4v) is 3.81. The number of nitrogens with zero attached hydrogens (tertiary/aromatic N) is 3. The van der Waals surface area contributed by atoms with Gasteiger partial charge < -0.3 is 14.7 Å². The van der Waals surface area contributed by atoms with Gasteiger partial charge in [0.2, 0.25) is 11.8 Å². The first-order valence-corrected chi connectivity index (χ1v) is 9.44. The third-order valence-corrected chi connectivity index (χ3v) is 5.74. The van der Waals surface area contributed by atoms with Crippen LogP contribution in [-0.4, -0.2) is 71.2 Å². The van der Waals surface area contributed by atoms with E-state index in [1.165, 1.54) is 13.0 Å². The molecule has 3 amide bonds. The second-order valence-electron chi connectivity index (χ2n) is 6.62. The molecule has 1 atom stereocenters. The molecule has 2 saturated heterocycles. The van der Waals surface area contributed by atoms with E-state index in [1.54, 1.807) is 26.8 Å². The molecule has 2 aliphatic heterocycles. The number of likely N-dealkylation sites (tertiary alicyclic amines) is 1. The maximum Gasteiger partial charge on any atom is 0.254 e. The van der Waals surface area contributed by atoms with E-state index in [-0.39, 0.29) is 17.7 Å². The molecule has 140 valence electrons. The summed E-state index contributed by atoms with van der Waals surface area (Å²) in [5.41, 5.74) is 0.431. The van der Waals surface area contributed by atoms with Gasteiger partial charge in [-0.05, 0) is 31.0 Å². The van der Waals surface area contributed by atoms with Crippen LogP contribution in [0.25, 0.3) is 0 Å². The average molecular weight is 398 g/mol. The van der Waals surface area contributed by atoms with Crippen LogP contribution in [0.5, 0.6) is 0 Å². The molecule has 0 bridgehead atoms. The SMILES string of the molecule is CC(=O)N1CCN(C(=O)[C@@H]2CCCN2C(=O)c2ccc(Cl)c(Cl)c2)CC1. The van der Waals surface area contributed by atoms with Gasteiger partial charge in [-0.1, -0.05) is 23.2 Å². The highest BCUT2D eigenvalue weighted by atomic mass is 35.5. The Bertz CT molecular complexity index is 732. The Morgan fingerprint density at radius 1 is 0.962 bits per heavy atom. The quantitative estimate of drug-likeness (QED) is 0.768. The van der Waals surface area contributed by atoms with Crippen LogP contribution in [0.3, 0.4) is 0 Å². The molecule has 1 aromatic carbocycles. The number of piperazine rings is 1. The highest BCUT2D eigenvalue weighted by Crippen LogP contribution is 2.26. The van der Waals surface area contributed by atoms with Gasteiger partial charge in [-0.25, -0.2) is 0 Å². The largest absolute Gasteiger partial charge is 0.339 e. The summed E-state index contributed by atoms with van der Waals surface area (Å²) in [4.78, 5) is 42.3. The monoisotopic (exact) mass is 397 g/mol. The van der Waals surface area contributed by atoms with Gasteiger partial charge in [0.1, 0.15) is 6.04 Å². The highest BCUT2D eigenvalue weighted by molar-refractivity contribution is 6.42. The third-order valence-electron chi connectivity index (χ3n) is 5.00. The van der Waals surface area contributed by atoms with Crippen LogP contribution in [-0.2, 0) is 9.59 Å². The predicted octanol–water partition coefficient (Wildman–Crippen LogP) is 2.29. The van der Waals surface area contributed by atoms with Crippen molar-refractivity contribution in [3.63, 3.8) is 0 Å². The molecule has 0 radical (unpaired) electrons. The highest BCUT2D eigenvalue weighted by Gasteiger charge is 2.37. The number of halogens is 2. The van der Waals surface area contributed by atoms with Crippen molar-refractivity contribution in [2.75, 3.05) is 32.7 Å². The van der Waals surface area contributed by atoms with Crippen LogP contribution < -0.4 is 0 Å². The van der Waals surface area contributed by atoms with E-state index < -0.39 is 6.04 Å². The summed E-state index contributed by atoms with van der Waals surface area (Å²) >= 11 is 11.9. The molecule has 0 N–H and O–H groups in total. The lowest BCUT2D eigenvalue weighted by molar-refractivity contribution is -0.141. The minimum absolute atomic E-state index is 0.0226. The van der Waals surface area contributed by atoms with Crippen molar-refractivity contribution in [1.29, 1.82) is 0 Å². The van der Waals surface area contributed by atoms with Crippen LogP contribution >= 0.6 is 23.2 Å². The number of carbonyl (C=O) groups is 3. The summed E-state index contributed by atoms with van der Waals surface area (Å²) in [5.74, 6) is -0.227. The smallest absolute Gasteiger partial charge is 0.254 e. The molecule has 2 aliphatic rings. The Kier molecular flexibility index (Phi) is 5.73. The molecule has 3 rings (SSSR count). The van der Waals surface area contributed by atoms with Gasteiger partial charge in [0.05, 0.1) is 10.0 Å². The van der Waals surface area contributed by atoms with Gasteiger partial charge >= 0.3 is 0 Å². The Morgan fingerprint density at radius 3 is 2.23 bits per heavy atom. The number of amides is 3. The summed E-state index contributed by atoms with van der Waals surface area (Å²) in [5, 5.41) is 0.709. The van der Waals surface area contributed by atoms with Gasteiger partial charge in [-0.15, -0.1) is 0 Å². The molecule has 0 spiro atoms. The summed E-state index contributed by atoms with van der Waals surface area (Å²) in [7, 11) is 0. The maximum atomic E-state index is 12.9. The fourth-order valence-electron chi connectivity index (χ4n) is 3.51. The molecule has 0 aliphatic carbocycles. The molecule has 0 unspecified atom stereocenters. The minimum Gasteiger partial charge on any atom is -0.339 e. The lowest BCUT2D eigenvalue weighted by Crippen LogP contribution is -2.55. The summed E-state index contributed by atoms with van der Waals surface area (Å²) < 4.78 is 0. The van der Waals surface area contributed by atoms with Crippen LogP contribution in [0.1, 0.15) is 30.1 Å². The van der Waals surface area contributed by atoms with Crippen molar-refractivity contribution in [2.24, 2.45) is 0 Å². The van der Waals surface area contributed by atoms with E-state index in [2.05, 4.69) is 0 Å². The molecule has 0 saturated carbocycles. The van der Waals surface area contributed by atoms with Crippen molar-refractivity contribution < 1.29 is 14.4 Å². The summed E-state index contributed by atoms with van der Waals surface area (Å²) in [6.07, 6.45) is 1.44. The van der Waals surface area contributed by atoms with E-state index in [0.29, 0.717) is 54.8 Å². The van der Waals surface area contributed by atoms with Gasteiger partial charge in [0, 0.05) is 45.2 Å². The molecule has 1 aromatic rings. The van der Waals surface area contributed by atoms with Crippen LogP contribution in [0.4, 0.5) is 0 Å². The molecule has 6 nitrogen and oxygen atoms in total. The zero-order chi connectivity index (χ0) is 18.8. The van der Waals surface area contributed by atoms with E-state index in [0.717, 1.165) is 6.42 Å². The normalized spacial score (nSPS) is 20.4. The minimum atomic E-state index is -0.458. The zero-order valence-corrected chi connectivity index (χ0v) is 16.1. The van der Waals surface area contributed by atoms with Crippen LogP contribution in [0.15, 0.2) is 18.2 Å². The number of benzene rings is 1. The van der Waals surface area contributed by atoms with Gasteiger partial charge in [0.25, 0.3) is 5.91 Å². The number of hydrogen-bond donors (Lipinski definition) is 0. The Hall–Kier alpha value is -1.79. The third kappa shape index (κ3) is 3.81. The average Bonchev–Trinajstić information content (AvgIpc) is 3.12. The standard InChI is InChI=1S/C18H21Cl2N3O3/c1-12(24)21-7-9-22(10-8-21)18(26)16-3-2-6-23(16)17(25)13-4-5-14(19)15(20)11-13/h4-5,11,16H,2-3,6-10H2,1H3/t16-/m0/s1. The first kappa shape index (κ1) is 19.0. The predicted molar refractivity (Wildman–Crippen MR) is 99.4 cm³/mol. The van der Waals surface area contributed by atoms with Crippen molar-refractivity contribution >= 4 is 40.9 Å². The maximum absolute atomic E-state index is 12.9. The summed E-state index contributed by atoms with van der Waals surface area (Å²) in [6.45, 7) is 4.16. The molecular formula is C18H21Cl2N3O3. The van der Waals surface area contributed by atoms with E-state index in [1.807, 2.05) is 0 Å². The second kappa shape index (κ2) is 7.84. The van der Waals surface area contributed by atoms with Crippen molar-refractivity contribution in [3.8, 4) is 0 Å². The molecule has 0 aromatic heterocycles. The molecule has 2 heterocycles. The first-order valence-electron chi connectivity index (χ1n) is 8.69. The summed E-state index contributed by atoms with van der Waals surface area (Å²) in [6, 6.07) is 4.30. The zero-order valence-electron chi connectivity index (χ0n) is 14.6. The molecule has 2 fully saturated rings. The lowest BCUT2D eigenvalue weighted by Gasteiger charge is -2.37. The van der Waals surface area contributed by atoms with Crippen LogP contribution in [0, 0.1) is 0 Å². The number of hydrogen-bond acceptors (Lipinski definition) is 3. The molecule has 8 heteroatoms. The fraction of sp³-hybridized carbons (Fsp3) is 0.500. The van der Waals surface area contributed by atoms with Crippen molar-refractivity contribution in [2.45, 2.75) is 25.8 Å². The topological polar surface area (TPSA) is 60.9 Å². The van der Waals surface area contributed by atoms with Crippen molar-refractivity contribution in [1.82, 2.24) is 14.7 Å². The lowest BCUT2D eigenvalue weighted by atomic mass is 10.1. The molecular weight excluding hydrogens is 377 g/mol. The Balaban J connectivity index is 1.69. The molecule has 26 heavy (non-hydrogen) atoms. The second-order valence-corrected chi connectivity index (χ2v) is 7.43. The van der Waals surface area contributed by atoms with E-state index >= 15 is 0 Å². The Morgan fingerprint density at radius 2 is 1.62 bits per heavy atom. The van der Waals surface area contributed by atoms with Crippen molar-refractivity contribution in [3.05, 3.63) is 33.8 Å². The Labute approximate surface area is 162 Å². The van der Waals surface area contributed by atoms with Crippen LogP contribution in [0.2, 0.25) is 10.0 Å². The van der Waals surface area contributed by atoms with Gasteiger partial charge in [-0.2, -0.15) is 0 Å². The van der Waals surface area contributed by atoms with Gasteiger partial charge in [-0.3, -0.25) is 14.4 Å². The first-order chi connectivity index (χ1) is 12.4. The number of rotatable bonds is 2. The van der Waals surface area contributed by atoms with E-state index in [9.17, 15) is 14.4 Å². The number of carbonyl (C=O) groups excluding carboxylic acids is 3. The van der Waals surface area contributed by atoms with E-state index in [4.69, 9.17) is 23.2 Å². The van der Waals surface area contributed by atoms with Gasteiger partial charge in [0.15, 0.2) is 0 Å².